The fourth-order valence-electron chi connectivity index (χ4n) is 3.65. The topological polar surface area (TPSA) is 75.7 Å². The SMILES string of the molecule is COc1ccc(CCNC(=O)CC2CCCCN2S(=O)(=O)c2ccccc2)cc1. The first-order valence-electron chi connectivity index (χ1n) is 9.97. The molecule has 2 aromatic rings. The van der Waals surface area contributed by atoms with Gasteiger partial charge in [-0.2, -0.15) is 4.31 Å². The first-order chi connectivity index (χ1) is 14.0. The molecule has 3 rings (SSSR count). The molecule has 0 aliphatic carbocycles. The second-order valence-corrected chi connectivity index (χ2v) is 9.12. The zero-order chi connectivity index (χ0) is 20.7. The molecule has 156 valence electrons. The first kappa shape index (κ1) is 21.3. The normalized spacial score (nSPS) is 17.6. The van der Waals surface area contributed by atoms with Crippen LogP contribution in [0.2, 0.25) is 0 Å². The third-order valence-electron chi connectivity index (χ3n) is 5.24. The van der Waals surface area contributed by atoms with Crippen molar-refractivity contribution in [1.29, 1.82) is 0 Å². The number of carbonyl (C=O) groups is 1. The van der Waals surface area contributed by atoms with Gasteiger partial charge in [0.15, 0.2) is 0 Å². The number of sulfonamides is 1. The molecule has 1 aliphatic rings. The average Bonchev–Trinajstić information content (AvgIpc) is 2.75. The summed E-state index contributed by atoms with van der Waals surface area (Å²) in [5.41, 5.74) is 1.11. The number of carbonyl (C=O) groups excluding carboxylic acids is 1. The minimum absolute atomic E-state index is 0.112. The van der Waals surface area contributed by atoms with Crippen LogP contribution in [0.5, 0.6) is 5.75 Å². The van der Waals surface area contributed by atoms with Crippen molar-refractivity contribution in [3.63, 3.8) is 0 Å². The molecule has 7 heteroatoms. The van der Waals surface area contributed by atoms with E-state index in [1.54, 1.807) is 37.4 Å². The highest BCUT2D eigenvalue weighted by molar-refractivity contribution is 7.89. The van der Waals surface area contributed by atoms with Crippen LogP contribution in [0.25, 0.3) is 0 Å². The van der Waals surface area contributed by atoms with Crippen molar-refractivity contribution in [2.24, 2.45) is 0 Å². The number of nitrogens with zero attached hydrogens (tertiary/aromatic N) is 1. The van der Waals surface area contributed by atoms with Crippen molar-refractivity contribution in [2.75, 3.05) is 20.2 Å². The lowest BCUT2D eigenvalue weighted by molar-refractivity contribution is -0.122. The molecule has 0 spiro atoms. The van der Waals surface area contributed by atoms with Gasteiger partial charge in [0.1, 0.15) is 5.75 Å². The van der Waals surface area contributed by atoms with E-state index < -0.39 is 10.0 Å². The Labute approximate surface area is 172 Å². The van der Waals surface area contributed by atoms with Crippen molar-refractivity contribution >= 4 is 15.9 Å². The predicted molar refractivity (Wildman–Crippen MR) is 112 cm³/mol. The lowest BCUT2D eigenvalue weighted by Gasteiger charge is -2.34. The Bertz CT molecular complexity index is 898. The van der Waals surface area contributed by atoms with E-state index in [0.29, 0.717) is 25.9 Å². The Morgan fingerprint density at radius 3 is 2.52 bits per heavy atom. The molecule has 2 aromatic carbocycles. The summed E-state index contributed by atoms with van der Waals surface area (Å²) in [4.78, 5) is 12.7. The van der Waals surface area contributed by atoms with Crippen molar-refractivity contribution in [2.45, 2.75) is 43.0 Å². The molecule has 0 bridgehead atoms. The molecule has 0 saturated carbocycles. The van der Waals surface area contributed by atoms with E-state index in [-0.39, 0.29) is 23.3 Å². The van der Waals surface area contributed by atoms with Gasteiger partial charge in [0.2, 0.25) is 15.9 Å². The van der Waals surface area contributed by atoms with Crippen molar-refractivity contribution < 1.29 is 17.9 Å². The zero-order valence-corrected chi connectivity index (χ0v) is 17.5. The summed E-state index contributed by atoms with van der Waals surface area (Å²) >= 11 is 0. The van der Waals surface area contributed by atoms with Gasteiger partial charge in [0.05, 0.1) is 12.0 Å². The molecule has 1 amide bonds. The second kappa shape index (κ2) is 9.89. The molecule has 1 atom stereocenters. The van der Waals surface area contributed by atoms with Crippen LogP contribution in [-0.4, -0.2) is 44.9 Å². The van der Waals surface area contributed by atoms with Crippen LogP contribution in [0, 0.1) is 0 Å². The van der Waals surface area contributed by atoms with Gasteiger partial charge in [-0.15, -0.1) is 0 Å². The zero-order valence-electron chi connectivity index (χ0n) is 16.7. The summed E-state index contributed by atoms with van der Waals surface area (Å²) in [5, 5.41) is 2.93. The van der Waals surface area contributed by atoms with Gasteiger partial charge in [-0.3, -0.25) is 4.79 Å². The maximum absolute atomic E-state index is 13.0. The Morgan fingerprint density at radius 2 is 1.83 bits per heavy atom. The lowest BCUT2D eigenvalue weighted by atomic mass is 10.0. The van der Waals surface area contributed by atoms with E-state index >= 15 is 0 Å². The van der Waals surface area contributed by atoms with E-state index in [9.17, 15) is 13.2 Å². The van der Waals surface area contributed by atoms with E-state index in [1.807, 2.05) is 24.3 Å². The van der Waals surface area contributed by atoms with Gasteiger partial charge in [-0.05, 0) is 49.1 Å². The Kier molecular flexibility index (Phi) is 7.28. The van der Waals surface area contributed by atoms with E-state index in [2.05, 4.69) is 5.32 Å². The van der Waals surface area contributed by atoms with Crippen LogP contribution in [0.4, 0.5) is 0 Å². The molecule has 1 unspecified atom stereocenters. The fraction of sp³-hybridized carbons (Fsp3) is 0.409. The number of hydrogen-bond acceptors (Lipinski definition) is 4. The second-order valence-electron chi connectivity index (χ2n) is 7.23. The monoisotopic (exact) mass is 416 g/mol. The van der Waals surface area contributed by atoms with Gasteiger partial charge in [-0.25, -0.2) is 8.42 Å². The van der Waals surface area contributed by atoms with Crippen LogP contribution in [0.15, 0.2) is 59.5 Å². The molecule has 0 aromatic heterocycles. The Morgan fingerprint density at radius 1 is 1.10 bits per heavy atom. The number of hydrogen-bond donors (Lipinski definition) is 1. The van der Waals surface area contributed by atoms with Gasteiger partial charge < -0.3 is 10.1 Å². The van der Waals surface area contributed by atoms with Gasteiger partial charge in [0, 0.05) is 25.6 Å². The number of ether oxygens (including phenoxy) is 1. The minimum Gasteiger partial charge on any atom is -0.497 e. The van der Waals surface area contributed by atoms with Crippen LogP contribution in [-0.2, 0) is 21.2 Å². The third-order valence-corrected chi connectivity index (χ3v) is 7.20. The highest BCUT2D eigenvalue weighted by atomic mass is 32.2. The molecule has 1 saturated heterocycles. The summed E-state index contributed by atoms with van der Waals surface area (Å²) in [5.74, 6) is 0.688. The number of nitrogens with one attached hydrogen (secondary N) is 1. The highest BCUT2D eigenvalue weighted by Crippen LogP contribution is 2.27. The maximum Gasteiger partial charge on any atom is 0.243 e. The summed E-state index contributed by atoms with van der Waals surface area (Å²) in [6.45, 7) is 0.977. The molecule has 1 fully saturated rings. The van der Waals surface area contributed by atoms with Crippen LogP contribution in [0.3, 0.4) is 0 Å². The predicted octanol–water partition coefficient (Wildman–Crippen LogP) is 2.99. The maximum atomic E-state index is 13.0. The van der Waals surface area contributed by atoms with Crippen LogP contribution >= 0.6 is 0 Å². The van der Waals surface area contributed by atoms with Crippen molar-refractivity contribution in [3.8, 4) is 5.75 Å². The molecular formula is C22H28N2O4S. The average molecular weight is 417 g/mol. The number of benzene rings is 2. The molecule has 6 nitrogen and oxygen atoms in total. The van der Waals surface area contributed by atoms with Crippen LogP contribution < -0.4 is 10.1 Å². The molecule has 29 heavy (non-hydrogen) atoms. The Hall–Kier alpha value is -2.38. The summed E-state index contributed by atoms with van der Waals surface area (Å²) in [6, 6.07) is 15.9. The lowest BCUT2D eigenvalue weighted by Crippen LogP contribution is -2.46. The van der Waals surface area contributed by atoms with Crippen molar-refractivity contribution in [1.82, 2.24) is 9.62 Å². The molecule has 0 radical (unpaired) electrons. The van der Waals surface area contributed by atoms with Gasteiger partial charge >= 0.3 is 0 Å². The third kappa shape index (κ3) is 5.58. The van der Waals surface area contributed by atoms with Gasteiger partial charge in [0.25, 0.3) is 0 Å². The largest absolute Gasteiger partial charge is 0.497 e. The van der Waals surface area contributed by atoms with Crippen LogP contribution in [0.1, 0.15) is 31.2 Å². The summed E-state index contributed by atoms with van der Waals surface area (Å²) in [6.07, 6.45) is 3.37. The highest BCUT2D eigenvalue weighted by Gasteiger charge is 2.34. The smallest absolute Gasteiger partial charge is 0.243 e. The Balaban J connectivity index is 1.56. The minimum atomic E-state index is -3.59. The standard InChI is InChI=1S/C22H28N2O4S/c1-28-20-12-10-18(11-13-20)14-15-23-22(25)17-19-7-5-6-16-24(19)29(26,27)21-8-3-2-4-9-21/h2-4,8-13,19H,5-7,14-17H2,1H3,(H,23,25). The fourth-order valence-corrected chi connectivity index (χ4v) is 5.36. The number of rotatable bonds is 8. The summed E-state index contributed by atoms with van der Waals surface area (Å²) in [7, 11) is -1.96. The van der Waals surface area contributed by atoms with E-state index in [0.717, 1.165) is 24.2 Å². The molecule has 1 aliphatic heterocycles. The number of piperidine rings is 1. The molecule has 1 heterocycles. The van der Waals surface area contributed by atoms with E-state index in [4.69, 9.17) is 4.74 Å². The molecular weight excluding hydrogens is 388 g/mol. The quantitative estimate of drug-likeness (QED) is 0.718. The first-order valence-corrected chi connectivity index (χ1v) is 11.4. The summed E-state index contributed by atoms with van der Waals surface area (Å²) < 4.78 is 32.7. The van der Waals surface area contributed by atoms with E-state index in [1.165, 1.54) is 4.31 Å². The van der Waals surface area contributed by atoms with Gasteiger partial charge in [-0.1, -0.05) is 36.8 Å². The van der Waals surface area contributed by atoms with Crippen molar-refractivity contribution in [3.05, 3.63) is 60.2 Å². The number of amides is 1. The molecule has 1 N–H and O–H groups in total. The number of methoxy groups -OCH3 is 1.